The SMILES string of the molecule is O=C(NC1CCCCC1)C1CC1C(=O)N1CCCc2ccccc21. The molecular weight excluding hydrogens is 300 g/mol. The Morgan fingerprint density at radius 3 is 2.62 bits per heavy atom. The molecule has 0 aromatic heterocycles. The highest BCUT2D eigenvalue weighted by Gasteiger charge is 2.50. The van der Waals surface area contributed by atoms with Gasteiger partial charge in [0.25, 0.3) is 0 Å². The van der Waals surface area contributed by atoms with Crippen molar-refractivity contribution in [2.24, 2.45) is 11.8 Å². The first-order valence-electron chi connectivity index (χ1n) is 9.43. The molecule has 1 aromatic carbocycles. The molecule has 4 heteroatoms. The van der Waals surface area contributed by atoms with Gasteiger partial charge in [-0.2, -0.15) is 0 Å². The maximum atomic E-state index is 12.9. The predicted octanol–water partition coefficient (Wildman–Crippen LogP) is 3.05. The Balaban J connectivity index is 1.38. The van der Waals surface area contributed by atoms with Crippen LogP contribution in [0.15, 0.2) is 24.3 Å². The number of nitrogens with one attached hydrogen (secondary N) is 1. The molecule has 2 aliphatic carbocycles. The molecule has 24 heavy (non-hydrogen) atoms. The third kappa shape index (κ3) is 3.06. The van der Waals surface area contributed by atoms with E-state index in [0.717, 1.165) is 44.3 Å². The van der Waals surface area contributed by atoms with Gasteiger partial charge in [0.05, 0.1) is 11.8 Å². The zero-order chi connectivity index (χ0) is 16.5. The van der Waals surface area contributed by atoms with Crippen LogP contribution in [0.1, 0.15) is 50.5 Å². The minimum absolute atomic E-state index is 0.102. The van der Waals surface area contributed by atoms with E-state index in [1.807, 2.05) is 23.1 Å². The average molecular weight is 326 g/mol. The summed E-state index contributed by atoms with van der Waals surface area (Å²) in [4.78, 5) is 27.2. The van der Waals surface area contributed by atoms with Crippen LogP contribution < -0.4 is 10.2 Å². The van der Waals surface area contributed by atoms with E-state index >= 15 is 0 Å². The summed E-state index contributed by atoms with van der Waals surface area (Å²) in [6, 6.07) is 8.49. The van der Waals surface area contributed by atoms with Gasteiger partial charge in [0.15, 0.2) is 0 Å². The van der Waals surface area contributed by atoms with Crippen LogP contribution in [0.4, 0.5) is 5.69 Å². The van der Waals surface area contributed by atoms with Crippen molar-refractivity contribution in [1.29, 1.82) is 0 Å². The van der Waals surface area contributed by atoms with Gasteiger partial charge < -0.3 is 10.2 Å². The van der Waals surface area contributed by atoms with Crippen LogP contribution in [-0.4, -0.2) is 24.4 Å². The number of benzene rings is 1. The second kappa shape index (κ2) is 6.58. The van der Waals surface area contributed by atoms with Crippen LogP contribution in [0.5, 0.6) is 0 Å². The van der Waals surface area contributed by atoms with Crippen LogP contribution in [0.2, 0.25) is 0 Å². The number of hydrogen-bond acceptors (Lipinski definition) is 2. The number of aryl methyl sites for hydroxylation is 1. The summed E-state index contributed by atoms with van der Waals surface area (Å²) in [5.41, 5.74) is 2.30. The molecule has 2 saturated carbocycles. The number of amides is 2. The Hall–Kier alpha value is -1.84. The fraction of sp³-hybridized carbons (Fsp3) is 0.600. The lowest BCUT2D eigenvalue weighted by Crippen LogP contribution is -2.40. The van der Waals surface area contributed by atoms with E-state index in [4.69, 9.17) is 0 Å². The largest absolute Gasteiger partial charge is 0.353 e. The van der Waals surface area contributed by atoms with Crippen molar-refractivity contribution in [3.8, 4) is 0 Å². The molecule has 128 valence electrons. The predicted molar refractivity (Wildman–Crippen MR) is 93.7 cm³/mol. The Bertz CT molecular complexity index is 636. The number of nitrogens with zero attached hydrogens (tertiary/aromatic N) is 1. The number of anilines is 1. The summed E-state index contributed by atoms with van der Waals surface area (Å²) in [5.74, 6) is 0.0322. The van der Waals surface area contributed by atoms with E-state index < -0.39 is 0 Å². The molecule has 2 fully saturated rings. The number of hydrogen-bond donors (Lipinski definition) is 1. The highest BCUT2D eigenvalue weighted by Crippen LogP contribution is 2.42. The summed E-state index contributed by atoms with van der Waals surface area (Å²) < 4.78 is 0. The monoisotopic (exact) mass is 326 g/mol. The molecule has 2 atom stereocenters. The van der Waals surface area contributed by atoms with Crippen LogP contribution in [0.25, 0.3) is 0 Å². The van der Waals surface area contributed by atoms with Gasteiger partial charge in [-0.25, -0.2) is 0 Å². The third-order valence-electron chi connectivity index (χ3n) is 5.77. The summed E-state index contributed by atoms with van der Waals surface area (Å²) in [6.45, 7) is 0.781. The molecule has 1 N–H and O–H groups in total. The molecule has 1 aromatic rings. The average Bonchev–Trinajstić information content (AvgIpc) is 3.42. The van der Waals surface area contributed by atoms with Gasteiger partial charge in [0.2, 0.25) is 11.8 Å². The first-order chi connectivity index (χ1) is 11.7. The lowest BCUT2D eigenvalue weighted by molar-refractivity contribution is -0.126. The molecular formula is C20H26N2O2. The van der Waals surface area contributed by atoms with E-state index in [9.17, 15) is 9.59 Å². The molecule has 0 bridgehead atoms. The molecule has 2 amide bonds. The quantitative estimate of drug-likeness (QED) is 0.928. The fourth-order valence-corrected chi connectivity index (χ4v) is 4.28. The second-order valence-corrected chi connectivity index (χ2v) is 7.51. The van der Waals surface area contributed by atoms with Crippen LogP contribution >= 0.6 is 0 Å². The van der Waals surface area contributed by atoms with Gasteiger partial charge in [0, 0.05) is 18.3 Å². The minimum atomic E-state index is -0.111. The number of carbonyl (C=O) groups is 2. The molecule has 0 spiro atoms. The lowest BCUT2D eigenvalue weighted by atomic mass is 9.95. The zero-order valence-electron chi connectivity index (χ0n) is 14.2. The normalized spacial score (nSPS) is 26.6. The van der Waals surface area contributed by atoms with Gasteiger partial charge in [-0.15, -0.1) is 0 Å². The smallest absolute Gasteiger partial charge is 0.230 e. The standard InChI is InChI=1S/C20H26N2O2/c23-19(21-15-9-2-1-3-10-15)16-13-17(16)20(24)22-12-6-8-14-7-4-5-11-18(14)22/h4-5,7,11,15-17H,1-3,6,8-10,12-13H2,(H,21,23). The van der Waals surface area contributed by atoms with Crippen LogP contribution in [0, 0.1) is 11.8 Å². The lowest BCUT2D eigenvalue weighted by Gasteiger charge is -2.29. The van der Waals surface area contributed by atoms with Gasteiger partial charge in [-0.3, -0.25) is 9.59 Å². The summed E-state index contributed by atoms with van der Waals surface area (Å²) in [7, 11) is 0. The van der Waals surface area contributed by atoms with Crippen molar-refractivity contribution in [2.75, 3.05) is 11.4 Å². The van der Waals surface area contributed by atoms with Crippen molar-refractivity contribution < 1.29 is 9.59 Å². The Kier molecular flexibility index (Phi) is 4.30. The molecule has 0 radical (unpaired) electrons. The first kappa shape index (κ1) is 15.7. The highest BCUT2D eigenvalue weighted by atomic mass is 16.2. The zero-order valence-corrected chi connectivity index (χ0v) is 14.2. The van der Waals surface area contributed by atoms with E-state index in [2.05, 4.69) is 11.4 Å². The van der Waals surface area contributed by atoms with Crippen molar-refractivity contribution in [2.45, 2.75) is 57.4 Å². The van der Waals surface area contributed by atoms with E-state index in [1.54, 1.807) is 0 Å². The third-order valence-corrected chi connectivity index (χ3v) is 5.77. The molecule has 4 rings (SSSR count). The molecule has 2 unspecified atom stereocenters. The van der Waals surface area contributed by atoms with Crippen molar-refractivity contribution in [3.63, 3.8) is 0 Å². The molecule has 3 aliphatic rings. The van der Waals surface area contributed by atoms with Gasteiger partial charge in [0.1, 0.15) is 0 Å². The molecule has 0 saturated heterocycles. The van der Waals surface area contributed by atoms with Gasteiger partial charge in [-0.1, -0.05) is 37.5 Å². The van der Waals surface area contributed by atoms with E-state index in [-0.39, 0.29) is 23.7 Å². The Morgan fingerprint density at radius 1 is 1.00 bits per heavy atom. The maximum absolute atomic E-state index is 12.9. The van der Waals surface area contributed by atoms with Crippen LogP contribution in [-0.2, 0) is 16.0 Å². The fourth-order valence-electron chi connectivity index (χ4n) is 4.28. The topological polar surface area (TPSA) is 49.4 Å². The summed E-state index contributed by atoms with van der Waals surface area (Å²) >= 11 is 0. The first-order valence-corrected chi connectivity index (χ1v) is 9.43. The second-order valence-electron chi connectivity index (χ2n) is 7.51. The van der Waals surface area contributed by atoms with E-state index in [1.165, 1.54) is 24.8 Å². The molecule has 1 heterocycles. The number of rotatable bonds is 3. The summed E-state index contributed by atoms with van der Waals surface area (Å²) in [5, 5.41) is 3.18. The van der Waals surface area contributed by atoms with Crippen LogP contribution in [0.3, 0.4) is 0 Å². The molecule has 4 nitrogen and oxygen atoms in total. The minimum Gasteiger partial charge on any atom is -0.353 e. The van der Waals surface area contributed by atoms with Crippen molar-refractivity contribution in [3.05, 3.63) is 29.8 Å². The number of carbonyl (C=O) groups excluding carboxylic acids is 2. The summed E-state index contributed by atoms with van der Waals surface area (Å²) in [6.07, 6.45) is 8.66. The number of fused-ring (bicyclic) bond motifs is 1. The van der Waals surface area contributed by atoms with Gasteiger partial charge >= 0.3 is 0 Å². The molecule has 1 aliphatic heterocycles. The highest BCUT2D eigenvalue weighted by molar-refractivity contribution is 6.01. The van der Waals surface area contributed by atoms with Gasteiger partial charge in [-0.05, 0) is 43.7 Å². The number of para-hydroxylation sites is 1. The van der Waals surface area contributed by atoms with E-state index in [0.29, 0.717) is 6.04 Å². The Morgan fingerprint density at radius 2 is 1.79 bits per heavy atom. The Labute approximate surface area is 143 Å². The van der Waals surface area contributed by atoms with Crippen molar-refractivity contribution >= 4 is 17.5 Å². The maximum Gasteiger partial charge on any atom is 0.230 e. The van der Waals surface area contributed by atoms with Crippen molar-refractivity contribution in [1.82, 2.24) is 5.32 Å².